The van der Waals surface area contributed by atoms with Gasteiger partial charge in [0.05, 0.1) is 5.69 Å². The van der Waals surface area contributed by atoms with Crippen molar-refractivity contribution in [1.29, 1.82) is 0 Å². The molecule has 0 saturated heterocycles. The maximum absolute atomic E-state index is 4.46. The quantitative estimate of drug-likeness (QED) is 0.860. The minimum Gasteiger partial charge on any atom is -0.308 e. The van der Waals surface area contributed by atoms with Gasteiger partial charge in [0.2, 0.25) is 0 Å². The Morgan fingerprint density at radius 3 is 2.65 bits per heavy atom. The van der Waals surface area contributed by atoms with Gasteiger partial charge >= 0.3 is 0 Å². The first-order chi connectivity index (χ1) is 8.33. The van der Waals surface area contributed by atoms with Crippen LogP contribution in [0.5, 0.6) is 0 Å². The molecule has 0 aromatic carbocycles. The summed E-state index contributed by atoms with van der Waals surface area (Å²) in [5.41, 5.74) is 2.43. The largest absolute Gasteiger partial charge is 0.308 e. The van der Waals surface area contributed by atoms with Crippen molar-refractivity contribution in [3.63, 3.8) is 0 Å². The van der Waals surface area contributed by atoms with Gasteiger partial charge in [0.25, 0.3) is 0 Å². The number of nitrogens with zero attached hydrogens (tertiary/aromatic N) is 1. The molecule has 3 fully saturated rings. The van der Waals surface area contributed by atoms with Crippen molar-refractivity contribution in [2.45, 2.75) is 38.8 Å². The molecule has 3 saturated carbocycles. The first-order valence-electron chi connectivity index (χ1n) is 6.98. The van der Waals surface area contributed by atoms with E-state index in [2.05, 4.69) is 29.4 Å². The maximum Gasteiger partial charge on any atom is 0.0541 e. The third-order valence-corrected chi connectivity index (χ3v) is 5.23. The standard InChI is InChI=1S/C15H20N2/c1-9-2-5-12(16-7-9)8-17-15-13-10-3-4-11(6-10)14(13)15/h2,5,7,10-11,13-15,17H,3-4,6,8H2,1H3. The molecule has 90 valence electrons. The summed E-state index contributed by atoms with van der Waals surface area (Å²) >= 11 is 0. The normalized spacial score (nSPS) is 41.6. The van der Waals surface area contributed by atoms with Gasteiger partial charge in [0.1, 0.15) is 0 Å². The van der Waals surface area contributed by atoms with Crippen LogP contribution in [0.1, 0.15) is 30.5 Å². The molecule has 2 bridgehead atoms. The van der Waals surface area contributed by atoms with Crippen molar-refractivity contribution in [1.82, 2.24) is 10.3 Å². The van der Waals surface area contributed by atoms with Crippen LogP contribution in [-0.4, -0.2) is 11.0 Å². The van der Waals surface area contributed by atoms with Gasteiger partial charge in [0.15, 0.2) is 0 Å². The molecule has 4 unspecified atom stereocenters. The maximum atomic E-state index is 4.46. The van der Waals surface area contributed by atoms with E-state index in [0.717, 1.165) is 36.3 Å². The van der Waals surface area contributed by atoms with Gasteiger partial charge in [0, 0.05) is 18.8 Å². The lowest BCUT2D eigenvalue weighted by Crippen LogP contribution is -2.22. The minimum atomic E-state index is 0.823. The molecule has 3 aliphatic rings. The summed E-state index contributed by atoms with van der Waals surface area (Å²) < 4.78 is 0. The summed E-state index contributed by atoms with van der Waals surface area (Å²) in [6, 6.07) is 5.13. The molecule has 0 radical (unpaired) electrons. The summed E-state index contributed by atoms with van der Waals surface area (Å²) in [7, 11) is 0. The van der Waals surface area contributed by atoms with Crippen LogP contribution in [0.25, 0.3) is 0 Å². The summed E-state index contributed by atoms with van der Waals surface area (Å²) in [6.07, 6.45) is 6.52. The third-order valence-electron chi connectivity index (χ3n) is 5.23. The summed E-state index contributed by atoms with van der Waals surface area (Å²) in [4.78, 5) is 4.46. The van der Waals surface area contributed by atoms with Crippen LogP contribution in [0, 0.1) is 30.6 Å². The lowest BCUT2D eigenvalue weighted by atomic mass is 10.0. The fraction of sp³-hybridized carbons (Fsp3) is 0.667. The van der Waals surface area contributed by atoms with Gasteiger partial charge < -0.3 is 5.32 Å². The smallest absolute Gasteiger partial charge is 0.0541 e. The average molecular weight is 228 g/mol. The Bertz CT molecular complexity index is 409. The number of pyridine rings is 1. The Balaban J connectivity index is 1.37. The first kappa shape index (κ1) is 10.1. The first-order valence-corrected chi connectivity index (χ1v) is 6.98. The van der Waals surface area contributed by atoms with Crippen LogP contribution in [0.4, 0.5) is 0 Å². The van der Waals surface area contributed by atoms with E-state index in [1.54, 1.807) is 0 Å². The molecule has 0 amide bonds. The van der Waals surface area contributed by atoms with E-state index in [-0.39, 0.29) is 0 Å². The van der Waals surface area contributed by atoms with E-state index in [4.69, 9.17) is 0 Å². The average Bonchev–Trinajstić information content (AvgIpc) is 2.74. The van der Waals surface area contributed by atoms with E-state index in [1.165, 1.54) is 30.5 Å². The molecule has 0 aliphatic heterocycles. The van der Waals surface area contributed by atoms with Crippen molar-refractivity contribution in [3.05, 3.63) is 29.6 Å². The molecule has 2 nitrogen and oxygen atoms in total. The topological polar surface area (TPSA) is 24.9 Å². The highest BCUT2D eigenvalue weighted by atomic mass is 15.0. The molecule has 1 aromatic heterocycles. The molecule has 3 aliphatic carbocycles. The summed E-state index contributed by atoms with van der Waals surface area (Å²) in [5, 5.41) is 3.73. The molecule has 2 heteroatoms. The van der Waals surface area contributed by atoms with E-state index in [1.807, 2.05) is 6.20 Å². The number of aryl methyl sites for hydroxylation is 1. The molecule has 1 heterocycles. The third kappa shape index (κ3) is 1.54. The summed E-state index contributed by atoms with van der Waals surface area (Å²) in [6.45, 7) is 3.05. The number of nitrogens with one attached hydrogen (secondary N) is 1. The predicted molar refractivity (Wildman–Crippen MR) is 67.4 cm³/mol. The number of aromatic nitrogens is 1. The molecule has 4 rings (SSSR count). The van der Waals surface area contributed by atoms with Gasteiger partial charge in [-0.25, -0.2) is 0 Å². The molecule has 1 N–H and O–H groups in total. The predicted octanol–water partition coefficient (Wildman–Crippen LogP) is 2.52. The zero-order chi connectivity index (χ0) is 11.4. The molecule has 4 atom stereocenters. The molecular weight excluding hydrogens is 208 g/mol. The molecular formula is C15H20N2. The fourth-order valence-electron chi connectivity index (χ4n) is 4.42. The fourth-order valence-corrected chi connectivity index (χ4v) is 4.42. The van der Waals surface area contributed by atoms with Gasteiger partial charge in [-0.2, -0.15) is 0 Å². The molecule has 17 heavy (non-hydrogen) atoms. The van der Waals surface area contributed by atoms with Crippen LogP contribution in [0.15, 0.2) is 18.3 Å². The van der Waals surface area contributed by atoms with E-state index < -0.39 is 0 Å². The van der Waals surface area contributed by atoms with Crippen molar-refractivity contribution in [2.75, 3.05) is 0 Å². The highest BCUT2D eigenvalue weighted by molar-refractivity contribution is 5.18. The van der Waals surface area contributed by atoms with Crippen molar-refractivity contribution in [3.8, 4) is 0 Å². The second-order valence-corrected chi connectivity index (χ2v) is 6.22. The number of fused-ring (bicyclic) bond motifs is 5. The second kappa shape index (κ2) is 3.55. The highest BCUT2D eigenvalue weighted by Crippen LogP contribution is 2.65. The Labute approximate surface area is 103 Å². The lowest BCUT2D eigenvalue weighted by Gasteiger charge is -2.10. The van der Waals surface area contributed by atoms with Crippen LogP contribution >= 0.6 is 0 Å². The van der Waals surface area contributed by atoms with E-state index in [0.29, 0.717) is 0 Å². The number of hydrogen-bond donors (Lipinski definition) is 1. The Kier molecular flexibility index (Phi) is 2.10. The van der Waals surface area contributed by atoms with Crippen molar-refractivity contribution >= 4 is 0 Å². The van der Waals surface area contributed by atoms with Gasteiger partial charge in [-0.05, 0) is 61.5 Å². The minimum absolute atomic E-state index is 0.823. The Morgan fingerprint density at radius 1 is 1.24 bits per heavy atom. The van der Waals surface area contributed by atoms with Crippen molar-refractivity contribution in [2.24, 2.45) is 23.7 Å². The van der Waals surface area contributed by atoms with E-state index in [9.17, 15) is 0 Å². The number of rotatable bonds is 3. The monoisotopic (exact) mass is 228 g/mol. The van der Waals surface area contributed by atoms with Crippen LogP contribution in [-0.2, 0) is 6.54 Å². The van der Waals surface area contributed by atoms with Crippen molar-refractivity contribution < 1.29 is 0 Å². The molecule has 1 aromatic rings. The highest BCUT2D eigenvalue weighted by Gasteiger charge is 2.64. The van der Waals surface area contributed by atoms with Crippen LogP contribution in [0.3, 0.4) is 0 Å². The SMILES string of the molecule is Cc1ccc(CNC2C3C4CCC(C4)C23)nc1. The van der Waals surface area contributed by atoms with Gasteiger partial charge in [-0.3, -0.25) is 4.98 Å². The van der Waals surface area contributed by atoms with E-state index >= 15 is 0 Å². The Morgan fingerprint density at radius 2 is 2.00 bits per heavy atom. The summed E-state index contributed by atoms with van der Waals surface area (Å²) in [5.74, 6) is 4.18. The van der Waals surface area contributed by atoms with Gasteiger partial charge in [-0.1, -0.05) is 6.07 Å². The van der Waals surface area contributed by atoms with Crippen LogP contribution < -0.4 is 5.32 Å². The Hall–Kier alpha value is -0.890. The number of hydrogen-bond acceptors (Lipinski definition) is 2. The van der Waals surface area contributed by atoms with Crippen LogP contribution in [0.2, 0.25) is 0 Å². The lowest BCUT2D eigenvalue weighted by molar-refractivity contribution is 0.456. The zero-order valence-corrected chi connectivity index (χ0v) is 10.4. The molecule has 0 spiro atoms. The van der Waals surface area contributed by atoms with Gasteiger partial charge in [-0.15, -0.1) is 0 Å². The zero-order valence-electron chi connectivity index (χ0n) is 10.4. The second-order valence-electron chi connectivity index (χ2n) is 6.22.